The summed E-state index contributed by atoms with van der Waals surface area (Å²) in [6, 6.07) is 9.73. The second-order valence-corrected chi connectivity index (χ2v) is 8.84. The van der Waals surface area contributed by atoms with Gasteiger partial charge >= 0.3 is 0 Å². The van der Waals surface area contributed by atoms with Gasteiger partial charge in [0.25, 0.3) is 0 Å². The Hall–Kier alpha value is -2.39. The molecule has 0 amide bonds. The molecule has 0 unspecified atom stereocenters. The van der Waals surface area contributed by atoms with E-state index in [1.165, 1.54) is 7.11 Å². The fourth-order valence-corrected chi connectivity index (χ4v) is 4.62. The number of benzene rings is 2. The van der Waals surface area contributed by atoms with Crippen LogP contribution in [0, 0.1) is 12.8 Å². The highest BCUT2D eigenvalue weighted by atomic mass is 32.2. The molecule has 0 spiro atoms. The minimum absolute atomic E-state index is 0.0419. The van der Waals surface area contributed by atoms with Crippen molar-refractivity contribution in [1.29, 1.82) is 0 Å². The largest absolute Gasteiger partial charge is 0.467 e. The van der Waals surface area contributed by atoms with Crippen LogP contribution in [0.25, 0.3) is 6.08 Å². The van der Waals surface area contributed by atoms with E-state index in [0.717, 1.165) is 11.1 Å². The van der Waals surface area contributed by atoms with Crippen LogP contribution in [-0.4, -0.2) is 36.2 Å². The topological polar surface area (TPSA) is 83.1 Å². The van der Waals surface area contributed by atoms with E-state index in [0.29, 0.717) is 17.1 Å². The maximum atomic E-state index is 13.1. The van der Waals surface area contributed by atoms with Crippen LogP contribution in [0.4, 0.5) is 0 Å². The van der Waals surface area contributed by atoms with Crippen molar-refractivity contribution in [2.45, 2.75) is 24.8 Å². The molecule has 0 saturated heterocycles. The predicted molar refractivity (Wildman–Crippen MR) is 114 cm³/mol. The third-order valence-electron chi connectivity index (χ3n) is 4.89. The van der Waals surface area contributed by atoms with E-state index in [1.807, 2.05) is 26.0 Å². The van der Waals surface area contributed by atoms with Crippen molar-refractivity contribution < 1.29 is 27.4 Å². The lowest BCUT2D eigenvalue weighted by molar-refractivity contribution is 0.0472. The number of hydrogen-bond acceptors (Lipinski definition) is 6. The molecule has 0 aromatic heterocycles. The predicted octanol–water partition coefficient (Wildman–Crippen LogP) is 3.64. The lowest BCUT2D eigenvalue weighted by Crippen LogP contribution is -2.34. The highest BCUT2D eigenvalue weighted by Crippen LogP contribution is 2.43. The van der Waals surface area contributed by atoms with Crippen LogP contribution in [0.3, 0.4) is 0 Å². The van der Waals surface area contributed by atoms with E-state index in [4.69, 9.17) is 18.9 Å². The fraction of sp³-hybridized carbons (Fsp3) is 0.364. The van der Waals surface area contributed by atoms with Crippen molar-refractivity contribution in [3.63, 3.8) is 0 Å². The normalized spacial score (nSPS) is 18.1. The minimum Gasteiger partial charge on any atom is -0.467 e. The van der Waals surface area contributed by atoms with Gasteiger partial charge in [0, 0.05) is 25.3 Å². The van der Waals surface area contributed by atoms with E-state index in [9.17, 15) is 8.42 Å². The number of methoxy groups -OCH3 is 2. The summed E-state index contributed by atoms with van der Waals surface area (Å²) in [6.07, 6.45) is 3.87. The molecule has 1 aliphatic rings. The van der Waals surface area contributed by atoms with E-state index in [1.54, 1.807) is 43.5 Å². The average Bonchev–Trinajstić information content (AvgIpc) is 2.73. The molecule has 2 aromatic rings. The zero-order valence-electron chi connectivity index (χ0n) is 17.5. The van der Waals surface area contributed by atoms with Gasteiger partial charge in [0.2, 0.25) is 10.0 Å². The Bertz CT molecular complexity index is 1000. The maximum absolute atomic E-state index is 13.1. The molecular weight excluding hydrogens is 406 g/mol. The molecule has 30 heavy (non-hydrogen) atoms. The molecule has 0 aliphatic heterocycles. The summed E-state index contributed by atoms with van der Waals surface area (Å²) in [4.78, 5) is 0.211. The SMILES string of the molecule is COCOc1ccc(OCOC)c2c1C=C[C@H](C)[C@@H]2NS(=O)(=O)c1ccc(C)cc1. The number of fused-ring (bicyclic) bond motifs is 1. The Morgan fingerprint density at radius 1 is 0.933 bits per heavy atom. The summed E-state index contributed by atoms with van der Waals surface area (Å²) >= 11 is 0. The van der Waals surface area contributed by atoms with Crippen LogP contribution >= 0.6 is 0 Å². The molecule has 0 saturated carbocycles. The summed E-state index contributed by atoms with van der Waals surface area (Å²) in [5.41, 5.74) is 2.44. The fourth-order valence-electron chi connectivity index (χ4n) is 3.33. The van der Waals surface area contributed by atoms with E-state index >= 15 is 0 Å². The second kappa shape index (κ2) is 9.61. The molecule has 0 radical (unpaired) electrons. The van der Waals surface area contributed by atoms with Crippen molar-refractivity contribution in [2.75, 3.05) is 27.8 Å². The number of aryl methyl sites for hydroxylation is 1. The van der Waals surface area contributed by atoms with E-state index in [2.05, 4.69) is 4.72 Å². The lowest BCUT2D eigenvalue weighted by Gasteiger charge is -2.31. The van der Waals surface area contributed by atoms with Crippen molar-refractivity contribution in [2.24, 2.45) is 5.92 Å². The second-order valence-electron chi connectivity index (χ2n) is 7.12. The molecule has 0 heterocycles. The zero-order chi connectivity index (χ0) is 21.7. The first-order chi connectivity index (χ1) is 14.4. The van der Waals surface area contributed by atoms with Crippen molar-refractivity contribution in [3.05, 3.63) is 59.2 Å². The first-order valence-corrected chi connectivity index (χ1v) is 11.0. The summed E-state index contributed by atoms with van der Waals surface area (Å²) in [5.74, 6) is 1.00. The van der Waals surface area contributed by atoms with Crippen LogP contribution in [0.5, 0.6) is 11.5 Å². The number of nitrogens with one attached hydrogen (secondary N) is 1. The first-order valence-electron chi connectivity index (χ1n) is 9.55. The molecule has 3 rings (SSSR count). The van der Waals surface area contributed by atoms with Crippen LogP contribution in [0.2, 0.25) is 0 Å². The molecule has 7 nitrogen and oxygen atoms in total. The summed E-state index contributed by atoms with van der Waals surface area (Å²) in [5, 5.41) is 0. The molecule has 0 bridgehead atoms. The minimum atomic E-state index is -3.76. The van der Waals surface area contributed by atoms with Gasteiger partial charge in [-0.1, -0.05) is 36.8 Å². The smallest absolute Gasteiger partial charge is 0.241 e. The van der Waals surface area contributed by atoms with E-state index < -0.39 is 16.1 Å². The Morgan fingerprint density at radius 2 is 1.53 bits per heavy atom. The van der Waals surface area contributed by atoms with Crippen molar-refractivity contribution >= 4 is 16.1 Å². The van der Waals surface area contributed by atoms with Crippen molar-refractivity contribution in [1.82, 2.24) is 4.72 Å². The standard InChI is InChI=1S/C22H27NO6S/c1-15-5-8-17(9-6-15)30(24,25)23-22-16(2)7-10-18-19(28-13-26-3)11-12-20(21(18)22)29-14-27-4/h5-12,16,22-23H,13-14H2,1-4H3/t16-,22-/m0/s1. The van der Waals surface area contributed by atoms with Gasteiger partial charge in [0.15, 0.2) is 13.6 Å². The van der Waals surface area contributed by atoms with Gasteiger partial charge in [0.1, 0.15) is 11.5 Å². The molecule has 162 valence electrons. The van der Waals surface area contributed by atoms with Crippen molar-refractivity contribution in [3.8, 4) is 11.5 Å². The maximum Gasteiger partial charge on any atom is 0.241 e. The Kier molecular flexibility index (Phi) is 7.14. The highest BCUT2D eigenvalue weighted by Gasteiger charge is 2.32. The molecule has 1 aliphatic carbocycles. The number of sulfonamides is 1. The number of rotatable bonds is 9. The van der Waals surface area contributed by atoms with Crippen LogP contribution in [-0.2, 0) is 19.5 Å². The quantitative estimate of drug-likeness (QED) is 0.608. The Labute approximate surface area is 177 Å². The monoisotopic (exact) mass is 433 g/mol. The zero-order valence-corrected chi connectivity index (χ0v) is 18.4. The summed E-state index contributed by atoms with van der Waals surface area (Å²) in [7, 11) is -0.685. The van der Waals surface area contributed by atoms with Gasteiger partial charge in [-0.3, -0.25) is 0 Å². The van der Waals surface area contributed by atoms with E-state index in [-0.39, 0.29) is 24.4 Å². The van der Waals surface area contributed by atoms with Gasteiger partial charge in [0.05, 0.1) is 10.9 Å². The van der Waals surface area contributed by atoms with Gasteiger partial charge in [-0.2, -0.15) is 0 Å². The molecule has 2 aromatic carbocycles. The molecule has 1 N–H and O–H groups in total. The number of ether oxygens (including phenoxy) is 4. The average molecular weight is 434 g/mol. The Balaban J connectivity index is 2.04. The van der Waals surface area contributed by atoms with Crippen LogP contribution < -0.4 is 14.2 Å². The third-order valence-corrected chi connectivity index (χ3v) is 6.35. The van der Waals surface area contributed by atoms with Gasteiger partial charge in [-0.15, -0.1) is 0 Å². The highest BCUT2D eigenvalue weighted by molar-refractivity contribution is 7.89. The first kappa shape index (κ1) is 22.3. The van der Waals surface area contributed by atoms with Crippen LogP contribution in [0.15, 0.2) is 47.4 Å². The van der Waals surface area contributed by atoms with Crippen LogP contribution in [0.1, 0.15) is 29.7 Å². The third kappa shape index (κ3) is 4.84. The molecule has 8 heteroatoms. The number of hydrogen-bond donors (Lipinski definition) is 1. The Morgan fingerprint density at radius 3 is 2.17 bits per heavy atom. The molecule has 2 atom stereocenters. The molecular formula is C22H27NO6S. The molecule has 0 fully saturated rings. The summed E-state index contributed by atoms with van der Waals surface area (Å²) < 4.78 is 50.5. The van der Waals surface area contributed by atoms with Gasteiger partial charge < -0.3 is 18.9 Å². The summed E-state index contributed by atoms with van der Waals surface area (Å²) in [6.45, 7) is 3.98. The van der Waals surface area contributed by atoms with Gasteiger partial charge in [-0.05, 0) is 37.1 Å². The lowest BCUT2D eigenvalue weighted by atomic mass is 9.85. The van der Waals surface area contributed by atoms with Gasteiger partial charge in [-0.25, -0.2) is 13.1 Å².